The summed E-state index contributed by atoms with van der Waals surface area (Å²) in [4.78, 5) is 0. The molecule has 0 bridgehead atoms. The lowest BCUT2D eigenvalue weighted by Crippen LogP contribution is -2.41. The Morgan fingerprint density at radius 2 is 1.71 bits per heavy atom. The minimum absolute atomic E-state index is 0.263. The topological polar surface area (TPSA) is 60.9 Å². The van der Waals surface area contributed by atoms with Gasteiger partial charge < -0.3 is 5.11 Å². The van der Waals surface area contributed by atoms with Gasteiger partial charge in [0, 0.05) is 26.2 Å². The van der Waals surface area contributed by atoms with Crippen molar-refractivity contribution in [2.75, 3.05) is 26.2 Å². The first-order valence-corrected chi connectivity index (χ1v) is 6.44. The van der Waals surface area contributed by atoms with Gasteiger partial charge in [-0.05, 0) is 19.3 Å². The number of hydrogen-bond donors (Lipinski definition) is 1. The van der Waals surface area contributed by atoms with Crippen molar-refractivity contribution in [1.29, 1.82) is 0 Å². The number of hydrogen-bond acceptors (Lipinski definition) is 3. The third kappa shape index (κ3) is 1.79. The van der Waals surface area contributed by atoms with Crippen molar-refractivity contribution >= 4 is 10.2 Å². The van der Waals surface area contributed by atoms with Crippen molar-refractivity contribution in [3.63, 3.8) is 0 Å². The maximum Gasteiger partial charge on any atom is 0.282 e. The fourth-order valence-electron chi connectivity index (χ4n) is 2.00. The number of rotatable bonds is 2. The van der Waals surface area contributed by atoms with Crippen LogP contribution in [0.5, 0.6) is 0 Å². The smallest absolute Gasteiger partial charge is 0.282 e. The molecular formula is C8H16N2O3S. The molecule has 0 radical (unpaired) electrons. The molecule has 0 saturated carbocycles. The molecule has 1 N–H and O–H groups in total. The van der Waals surface area contributed by atoms with Gasteiger partial charge in [0.25, 0.3) is 10.2 Å². The molecule has 1 atom stereocenters. The second-order valence-corrected chi connectivity index (χ2v) is 5.84. The summed E-state index contributed by atoms with van der Waals surface area (Å²) in [7, 11) is -3.26. The van der Waals surface area contributed by atoms with E-state index in [-0.39, 0.29) is 6.54 Å². The highest BCUT2D eigenvalue weighted by Gasteiger charge is 2.35. The standard InChI is InChI=1S/C8H16N2O3S/c11-8-3-6-10(7-8)14(12,13)9-4-1-2-5-9/h8,11H,1-7H2. The summed E-state index contributed by atoms with van der Waals surface area (Å²) >= 11 is 0. The quantitative estimate of drug-likeness (QED) is 0.675. The van der Waals surface area contributed by atoms with E-state index in [1.807, 2.05) is 0 Å². The maximum absolute atomic E-state index is 11.9. The first-order chi connectivity index (χ1) is 6.60. The van der Waals surface area contributed by atoms with E-state index in [0.717, 1.165) is 12.8 Å². The molecule has 2 heterocycles. The van der Waals surface area contributed by atoms with Crippen molar-refractivity contribution in [2.45, 2.75) is 25.4 Å². The van der Waals surface area contributed by atoms with Crippen LogP contribution in [0.15, 0.2) is 0 Å². The van der Waals surface area contributed by atoms with E-state index < -0.39 is 16.3 Å². The lowest BCUT2D eigenvalue weighted by atomic mass is 10.3. The van der Waals surface area contributed by atoms with Crippen LogP contribution in [0.2, 0.25) is 0 Å². The molecule has 2 saturated heterocycles. The van der Waals surface area contributed by atoms with Crippen LogP contribution in [0.3, 0.4) is 0 Å². The Morgan fingerprint density at radius 3 is 2.21 bits per heavy atom. The zero-order valence-corrected chi connectivity index (χ0v) is 8.91. The van der Waals surface area contributed by atoms with Crippen LogP contribution in [0, 0.1) is 0 Å². The molecule has 2 aliphatic heterocycles. The average Bonchev–Trinajstić information content (AvgIpc) is 2.72. The van der Waals surface area contributed by atoms with Crippen LogP contribution in [0.4, 0.5) is 0 Å². The fourth-order valence-corrected chi connectivity index (χ4v) is 3.75. The van der Waals surface area contributed by atoms with Gasteiger partial charge in [-0.15, -0.1) is 0 Å². The molecule has 0 amide bonds. The highest BCUT2D eigenvalue weighted by molar-refractivity contribution is 7.86. The summed E-state index contributed by atoms with van der Waals surface area (Å²) in [6, 6.07) is 0. The van der Waals surface area contributed by atoms with Crippen LogP contribution in [0.25, 0.3) is 0 Å². The molecule has 82 valence electrons. The Morgan fingerprint density at radius 1 is 1.07 bits per heavy atom. The Labute approximate surface area is 84.5 Å². The maximum atomic E-state index is 11.9. The first-order valence-electron chi connectivity index (χ1n) is 5.04. The Balaban J connectivity index is 2.07. The zero-order chi connectivity index (χ0) is 10.2. The Bertz CT molecular complexity index is 298. The minimum atomic E-state index is -3.26. The number of β-amino-alcohol motifs (C(OH)–C–C–N with tert-alkyl or cyclic N) is 1. The summed E-state index contributed by atoms with van der Waals surface area (Å²) in [5.74, 6) is 0. The van der Waals surface area contributed by atoms with Gasteiger partial charge in [-0.2, -0.15) is 17.0 Å². The van der Waals surface area contributed by atoms with Gasteiger partial charge in [0.15, 0.2) is 0 Å². The third-order valence-corrected chi connectivity index (χ3v) is 4.85. The van der Waals surface area contributed by atoms with E-state index in [2.05, 4.69) is 0 Å². The van der Waals surface area contributed by atoms with Crippen LogP contribution in [0.1, 0.15) is 19.3 Å². The van der Waals surface area contributed by atoms with Gasteiger partial charge >= 0.3 is 0 Å². The second kappa shape index (κ2) is 3.77. The molecule has 2 rings (SSSR count). The van der Waals surface area contributed by atoms with Gasteiger partial charge in [0.05, 0.1) is 6.10 Å². The van der Waals surface area contributed by atoms with Crippen molar-refractivity contribution in [2.24, 2.45) is 0 Å². The largest absolute Gasteiger partial charge is 0.392 e. The van der Waals surface area contributed by atoms with Gasteiger partial charge in [-0.1, -0.05) is 0 Å². The van der Waals surface area contributed by atoms with Crippen molar-refractivity contribution < 1.29 is 13.5 Å². The molecule has 0 aromatic heterocycles. The predicted molar refractivity (Wildman–Crippen MR) is 51.9 cm³/mol. The van der Waals surface area contributed by atoms with Gasteiger partial charge in [-0.25, -0.2) is 0 Å². The fraction of sp³-hybridized carbons (Fsp3) is 1.00. The summed E-state index contributed by atoms with van der Waals surface area (Å²) in [5, 5.41) is 9.28. The molecule has 2 fully saturated rings. The molecular weight excluding hydrogens is 204 g/mol. The summed E-state index contributed by atoms with van der Waals surface area (Å²) in [5.41, 5.74) is 0. The van der Waals surface area contributed by atoms with E-state index in [4.69, 9.17) is 0 Å². The van der Waals surface area contributed by atoms with Crippen LogP contribution >= 0.6 is 0 Å². The third-order valence-electron chi connectivity index (χ3n) is 2.84. The van der Waals surface area contributed by atoms with Crippen LogP contribution in [-0.2, 0) is 10.2 Å². The highest BCUT2D eigenvalue weighted by Crippen LogP contribution is 2.20. The van der Waals surface area contributed by atoms with E-state index in [1.54, 1.807) is 0 Å². The lowest BCUT2D eigenvalue weighted by molar-refractivity contribution is 0.188. The highest BCUT2D eigenvalue weighted by atomic mass is 32.2. The molecule has 6 heteroatoms. The molecule has 14 heavy (non-hydrogen) atoms. The predicted octanol–water partition coefficient (Wildman–Crippen LogP) is -0.606. The van der Waals surface area contributed by atoms with Gasteiger partial charge in [0.2, 0.25) is 0 Å². The summed E-state index contributed by atoms with van der Waals surface area (Å²) in [6.07, 6.45) is 1.99. The SMILES string of the molecule is O=S(=O)(N1CCCC1)N1CCC(O)C1. The monoisotopic (exact) mass is 220 g/mol. The molecule has 0 aliphatic carbocycles. The zero-order valence-electron chi connectivity index (χ0n) is 8.09. The van der Waals surface area contributed by atoms with Gasteiger partial charge in [0.1, 0.15) is 0 Å². The normalized spacial score (nSPS) is 31.4. The number of nitrogens with zero attached hydrogens (tertiary/aromatic N) is 2. The molecule has 0 spiro atoms. The summed E-state index contributed by atoms with van der Waals surface area (Å²) < 4.78 is 26.8. The van der Waals surface area contributed by atoms with Crippen LogP contribution < -0.4 is 0 Å². The van der Waals surface area contributed by atoms with Crippen molar-refractivity contribution in [3.05, 3.63) is 0 Å². The average molecular weight is 220 g/mol. The van der Waals surface area contributed by atoms with E-state index in [9.17, 15) is 13.5 Å². The van der Waals surface area contributed by atoms with Gasteiger partial charge in [-0.3, -0.25) is 0 Å². The van der Waals surface area contributed by atoms with E-state index >= 15 is 0 Å². The Kier molecular flexibility index (Phi) is 2.79. The molecule has 5 nitrogen and oxygen atoms in total. The Hall–Kier alpha value is -0.170. The lowest BCUT2D eigenvalue weighted by Gasteiger charge is -2.22. The van der Waals surface area contributed by atoms with Crippen molar-refractivity contribution in [3.8, 4) is 0 Å². The van der Waals surface area contributed by atoms with Crippen LogP contribution in [-0.4, -0.2) is 54.4 Å². The molecule has 0 aromatic rings. The van der Waals surface area contributed by atoms with E-state index in [1.165, 1.54) is 8.61 Å². The van der Waals surface area contributed by atoms with Crippen molar-refractivity contribution in [1.82, 2.24) is 8.61 Å². The molecule has 1 unspecified atom stereocenters. The summed E-state index contributed by atoms with van der Waals surface area (Å²) in [6.45, 7) is 1.99. The first kappa shape index (κ1) is 10.4. The molecule has 2 aliphatic rings. The number of aliphatic hydroxyl groups excluding tert-OH is 1. The molecule has 0 aromatic carbocycles. The second-order valence-electron chi connectivity index (χ2n) is 3.91. The van der Waals surface area contributed by atoms with E-state index in [0.29, 0.717) is 26.1 Å². The minimum Gasteiger partial charge on any atom is -0.392 e. The number of aliphatic hydroxyl groups is 1.